The normalized spacial score (nSPS) is 11.6. The number of fused-ring (bicyclic) bond motifs is 1. The van der Waals surface area contributed by atoms with Crippen LogP contribution in [0, 0.1) is 6.92 Å². The van der Waals surface area contributed by atoms with Gasteiger partial charge in [-0.05, 0) is 54.3 Å². The zero-order valence-electron chi connectivity index (χ0n) is 18.1. The van der Waals surface area contributed by atoms with Crippen LogP contribution in [0.2, 0.25) is 5.02 Å². The zero-order chi connectivity index (χ0) is 23.8. The Morgan fingerprint density at radius 1 is 1.09 bits per heavy atom. The van der Waals surface area contributed by atoms with Gasteiger partial charge in [0.25, 0.3) is 10.0 Å². The van der Waals surface area contributed by atoms with Crippen LogP contribution in [-0.2, 0) is 21.2 Å². The number of aromatic nitrogens is 1. The van der Waals surface area contributed by atoms with Crippen molar-refractivity contribution in [2.45, 2.75) is 24.7 Å². The van der Waals surface area contributed by atoms with Gasteiger partial charge in [0.1, 0.15) is 10.6 Å². The molecule has 6 nitrogen and oxygen atoms in total. The molecule has 0 saturated carbocycles. The molecule has 8 heteroatoms. The molecule has 0 amide bonds. The first kappa shape index (κ1) is 22.9. The van der Waals surface area contributed by atoms with Gasteiger partial charge in [-0.1, -0.05) is 48.0 Å². The highest BCUT2D eigenvalue weighted by Crippen LogP contribution is 2.37. The third kappa shape index (κ3) is 4.21. The molecule has 4 aromatic rings. The van der Waals surface area contributed by atoms with Crippen molar-refractivity contribution >= 4 is 38.5 Å². The van der Waals surface area contributed by atoms with Crippen LogP contribution in [0.4, 0.5) is 0 Å². The fourth-order valence-corrected chi connectivity index (χ4v) is 6.01. The molecule has 1 heterocycles. The van der Waals surface area contributed by atoms with Crippen molar-refractivity contribution in [2.24, 2.45) is 0 Å². The summed E-state index contributed by atoms with van der Waals surface area (Å²) >= 11 is 6.36. The van der Waals surface area contributed by atoms with Gasteiger partial charge < -0.3 is 9.84 Å². The highest BCUT2D eigenvalue weighted by Gasteiger charge is 2.28. The number of carboxylic acids is 1. The van der Waals surface area contributed by atoms with Crippen molar-refractivity contribution in [3.05, 3.63) is 83.0 Å². The number of hydrogen-bond acceptors (Lipinski definition) is 4. The highest BCUT2D eigenvalue weighted by atomic mass is 35.5. The van der Waals surface area contributed by atoms with Gasteiger partial charge in [0.2, 0.25) is 0 Å². The van der Waals surface area contributed by atoms with Gasteiger partial charge in [0.05, 0.1) is 12.6 Å². The summed E-state index contributed by atoms with van der Waals surface area (Å²) in [5.41, 5.74) is 2.78. The number of aryl methyl sites for hydroxylation is 1. The number of hydrogen-bond donors (Lipinski definition) is 1. The van der Waals surface area contributed by atoms with Crippen LogP contribution in [0.25, 0.3) is 22.0 Å². The van der Waals surface area contributed by atoms with Crippen LogP contribution in [0.1, 0.15) is 17.5 Å². The monoisotopic (exact) mass is 483 g/mol. The van der Waals surface area contributed by atoms with Gasteiger partial charge in [0, 0.05) is 28.6 Å². The Balaban J connectivity index is 1.99. The lowest BCUT2D eigenvalue weighted by molar-refractivity contribution is -0.136. The van der Waals surface area contributed by atoms with E-state index in [1.165, 1.54) is 17.3 Å². The number of benzene rings is 3. The van der Waals surface area contributed by atoms with Crippen LogP contribution in [0.3, 0.4) is 0 Å². The van der Waals surface area contributed by atoms with Crippen molar-refractivity contribution in [3.8, 4) is 16.9 Å². The summed E-state index contributed by atoms with van der Waals surface area (Å²) in [6.45, 7) is 1.68. The van der Waals surface area contributed by atoms with E-state index in [1.807, 2.05) is 30.3 Å². The Kier molecular flexibility index (Phi) is 6.19. The quantitative estimate of drug-likeness (QED) is 0.373. The Labute approximate surface area is 197 Å². The molecule has 4 rings (SSSR count). The van der Waals surface area contributed by atoms with Gasteiger partial charge in [-0.2, -0.15) is 0 Å². The largest absolute Gasteiger partial charge is 0.497 e. The zero-order valence-corrected chi connectivity index (χ0v) is 19.7. The number of methoxy groups -OCH3 is 1. The minimum absolute atomic E-state index is 0.110. The maximum absolute atomic E-state index is 14.1. The average Bonchev–Trinajstić information content (AvgIpc) is 3.18. The number of rotatable bonds is 7. The van der Waals surface area contributed by atoms with Gasteiger partial charge in [-0.25, -0.2) is 12.4 Å². The first-order valence-corrected chi connectivity index (χ1v) is 12.1. The maximum atomic E-state index is 14.1. The molecule has 1 N–H and O–H groups in total. The minimum atomic E-state index is -4.09. The number of carboxylic acid groups (broad SMARTS) is 1. The third-order valence-electron chi connectivity index (χ3n) is 5.61. The van der Waals surface area contributed by atoms with Crippen molar-refractivity contribution in [3.63, 3.8) is 0 Å². The second-order valence-corrected chi connectivity index (χ2v) is 9.81. The Hall–Kier alpha value is -3.29. The van der Waals surface area contributed by atoms with E-state index in [0.29, 0.717) is 38.4 Å². The number of aliphatic carboxylic acids is 1. The van der Waals surface area contributed by atoms with Gasteiger partial charge in [-0.15, -0.1) is 0 Å². The molecule has 0 aliphatic rings. The minimum Gasteiger partial charge on any atom is -0.497 e. The lowest BCUT2D eigenvalue weighted by Gasteiger charge is -2.16. The summed E-state index contributed by atoms with van der Waals surface area (Å²) in [6.07, 6.45) is 1.56. The molecule has 0 spiro atoms. The smallest absolute Gasteiger partial charge is 0.303 e. The molecule has 170 valence electrons. The summed E-state index contributed by atoms with van der Waals surface area (Å²) in [7, 11) is -2.57. The number of ether oxygens (including phenoxy) is 1. The molecule has 1 aromatic heterocycles. The van der Waals surface area contributed by atoms with E-state index in [9.17, 15) is 13.2 Å². The molecule has 0 unspecified atom stereocenters. The molecular formula is C25H22ClNO5S. The lowest BCUT2D eigenvalue weighted by atomic mass is 10.0. The van der Waals surface area contributed by atoms with Gasteiger partial charge in [-0.3, -0.25) is 4.79 Å². The van der Waals surface area contributed by atoms with Crippen molar-refractivity contribution in [2.75, 3.05) is 7.11 Å². The SMILES string of the molecule is COc1ccc2c(c1)c(CCC(=O)O)cn2S(=O)(=O)c1c(-c2ccccc2)ccc(Cl)c1C. The highest BCUT2D eigenvalue weighted by molar-refractivity contribution is 7.90. The predicted molar refractivity (Wildman–Crippen MR) is 129 cm³/mol. The fourth-order valence-electron chi connectivity index (χ4n) is 3.96. The second-order valence-electron chi connectivity index (χ2n) is 7.65. The molecule has 0 saturated heterocycles. The summed E-state index contributed by atoms with van der Waals surface area (Å²) < 4.78 is 34.7. The van der Waals surface area contributed by atoms with E-state index in [1.54, 1.807) is 37.3 Å². The average molecular weight is 484 g/mol. The third-order valence-corrected chi connectivity index (χ3v) is 7.88. The summed E-state index contributed by atoms with van der Waals surface area (Å²) in [4.78, 5) is 11.3. The van der Waals surface area contributed by atoms with Crippen LogP contribution >= 0.6 is 11.6 Å². The summed E-state index contributed by atoms with van der Waals surface area (Å²) in [5.74, 6) is -0.406. The van der Waals surface area contributed by atoms with Crippen LogP contribution in [0.15, 0.2) is 71.8 Å². The van der Waals surface area contributed by atoms with Crippen LogP contribution in [0.5, 0.6) is 5.75 Å². The molecule has 3 aromatic carbocycles. The van der Waals surface area contributed by atoms with E-state index in [2.05, 4.69) is 0 Å². The van der Waals surface area contributed by atoms with E-state index < -0.39 is 16.0 Å². The molecule has 0 aliphatic heterocycles. The standard InChI is InChI=1S/C25H22ClNO5S/c1-16-22(26)11-10-20(17-6-4-3-5-7-17)25(16)33(30,31)27-15-18(8-13-24(28)29)21-14-19(32-2)9-12-23(21)27/h3-7,9-12,14-15H,8,13H2,1-2H3,(H,28,29). The van der Waals surface area contributed by atoms with Gasteiger partial charge in [0.15, 0.2) is 0 Å². The van der Waals surface area contributed by atoms with E-state index in [4.69, 9.17) is 21.4 Å². The second kappa shape index (κ2) is 8.92. The molecule has 0 bridgehead atoms. The first-order chi connectivity index (χ1) is 15.7. The lowest BCUT2D eigenvalue weighted by Crippen LogP contribution is -2.15. The Bertz CT molecular complexity index is 1460. The van der Waals surface area contributed by atoms with Crippen molar-refractivity contribution < 1.29 is 23.1 Å². The molecule has 0 atom stereocenters. The molecule has 33 heavy (non-hydrogen) atoms. The summed E-state index contributed by atoms with van der Waals surface area (Å²) in [5, 5.41) is 10.1. The first-order valence-electron chi connectivity index (χ1n) is 10.2. The van der Waals surface area contributed by atoms with Gasteiger partial charge >= 0.3 is 5.97 Å². The van der Waals surface area contributed by atoms with E-state index in [-0.39, 0.29) is 17.7 Å². The van der Waals surface area contributed by atoms with E-state index in [0.717, 1.165) is 5.56 Å². The summed E-state index contributed by atoms with van der Waals surface area (Å²) in [6, 6.07) is 17.7. The number of carbonyl (C=O) groups is 1. The number of nitrogens with zero attached hydrogens (tertiary/aromatic N) is 1. The predicted octanol–water partition coefficient (Wildman–Crippen LogP) is 5.53. The van der Waals surface area contributed by atoms with E-state index >= 15 is 0 Å². The molecular weight excluding hydrogens is 462 g/mol. The van der Waals surface area contributed by atoms with Crippen LogP contribution in [-0.4, -0.2) is 30.6 Å². The fraction of sp³-hybridized carbons (Fsp3) is 0.160. The molecule has 0 aliphatic carbocycles. The van der Waals surface area contributed by atoms with Crippen LogP contribution < -0.4 is 4.74 Å². The number of halogens is 1. The van der Waals surface area contributed by atoms with Crippen molar-refractivity contribution in [1.29, 1.82) is 0 Å². The van der Waals surface area contributed by atoms with Crippen molar-refractivity contribution in [1.82, 2.24) is 3.97 Å². The molecule has 0 radical (unpaired) electrons. The Morgan fingerprint density at radius 3 is 2.48 bits per heavy atom. The maximum Gasteiger partial charge on any atom is 0.303 e. The molecule has 0 fully saturated rings. The Morgan fingerprint density at radius 2 is 1.82 bits per heavy atom. The topological polar surface area (TPSA) is 85.6 Å².